The maximum Gasteiger partial charge on any atom is 0.534 e. The average molecular weight is 358 g/mol. The highest BCUT2D eigenvalue weighted by molar-refractivity contribution is 7.88. The summed E-state index contributed by atoms with van der Waals surface area (Å²) in [6.07, 6.45) is 1.38. The Morgan fingerprint density at radius 3 is 2.42 bits per heavy atom. The number of aromatic nitrogens is 2. The predicted molar refractivity (Wildman–Crippen MR) is 79.2 cm³/mol. The number of nitrogens with zero attached hydrogens (tertiary/aromatic N) is 2. The van der Waals surface area contributed by atoms with E-state index in [2.05, 4.69) is 14.2 Å². The van der Waals surface area contributed by atoms with E-state index in [0.29, 0.717) is 10.8 Å². The van der Waals surface area contributed by atoms with Crippen LogP contribution in [-0.4, -0.2) is 31.0 Å². The molecule has 0 amide bonds. The summed E-state index contributed by atoms with van der Waals surface area (Å²) in [5.74, 6) is -0.843. The molecule has 0 saturated heterocycles. The maximum atomic E-state index is 12.6. The van der Waals surface area contributed by atoms with E-state index in [1.807, 2.05) is 0 Å². The smallest absolute Gasteiger partial charge is 0.480 e. The van der Waals surface area contributed by atoms with Gasteiger partial charge in [-0.05, 0) is 12.1 Å². The van der Waals surface area contributed by atoms with Crippen LogP contribution in [0, 0.1) is 0 Å². The monoisotopic (exact) mass is 358 g/mol. The van der Waals surface area contributed by atoms with Crippen LogP contribution >= 0.6 is 0 Å². The van der Waals surface area contributed by atoms with E-state index in [0.717, 1.165) is 0 Å². The number of alkyl halides is 3. The molecule has 0 radical (unpaired) electrons. The zero-order valence-corrected chi connectivity index (χ0v) is 12.9. The average Bonchev–Trinajstić information content (AvgIpc) is 2.53. The fourth-order valence-corrected chi connectivity index (χ4v) is 2.63. The van der Waals surface area contributed by atoms with Crippen LogP contribution in [0.1, 0.15) is 0 Å². The zero-order valence-electron chi connectivity index (χ0n) is 12.0. The molecule has 6 nitrogen and oxygen atoms in total. The quantitative estimate of drug-likeness (QED) is 0.407. The number of hydrogen-bond donors (Lipinski definition) is 0. The number of hydrogen-bond acceptors (Lipinski definition) is 6. The van der Waals surface area contributed by atoms with Crippen molar-refractivity contribution in [2.75, 3.05) is 7.11 Å². The standard InChI is InChI=1S/C14H9F3N2O4S/c1-22-12-11-9(6-7-18-12)8-4-2-3-5-10(8)19-13(11)23-24(20,21)14(15,16)17/h2-7H,1H3. The van der Waals surface area contributed by atoms with Crippen molar-refractivity contribution in [1.82, 2.24) is 9.97 Å². The van der Waals surface area contributed by atoms with Crippen molar-refractivity contribution in [2.45, 2.75) is 5.51 Å². The molecule has 3 aromatic rings. The molecule has 0 unspecified atom stereocenters. The Bertz CT molecular complexity index is 1040. The number of methoxy groups -OCH3 is 1. The molecule has 0 spiro atoms. The van der Waals surface area contributed by atoms with Gasteiger partial charge in [0.25, 0.3) is 0 Å². The van der Waals surface area contributed by atoms with Crippen molar-refractivity contribution >= 4 is 31.8 Å². The van der Waals surface area contributed by atoms with Gasteiger partial charge in [0.15, 0.2) is 0 Å². The van der Waals surface area contributed by atoms with Crippen molar-refractivity contribution in [3.05, 3.63) is 36.5 Å². The molecule has 10 heteroatoms. The molecule has 0 bridgehead atoms. The highest BCUT2D eigenvalue weighted by Gasteiger charge is 2.49. The summed E-state index contributed by atoms with van der Waals surface area (Å²) in [5, 5.41) is 0.927. The van der Waals surface area contributed by atoms with E-state index in [-0.39, 0.29) is 16.8 Å². The molecule has 3 rings (SSSR count). The minimum atomic E-state index is -5.88. The second-order valence-electron chi connectivity index (χ2n) is 4.66. The fraction of sp³-hybridized carbons (Fsp3) is 0.143. The van der Waals surface area contributed by atoms with Gasteiger partial charge < -0.3 is 8.92 Å². The van der Waals surface area contributed by atoms with Crippen LogP contribution < -0.4 is 8.92 Å². The summed E-state index contributed by atoms with van der Waals surface area (Å²) in [7, 11) is -4.63. The topological polar surface area (TPSA) is 78.4 Å². The SMILES string of the molecule is COc1nccc2c1c(OS(=O)(=O)C(F)(F)F)nc1ccccc12. The Labute approximate surface area is 134 Å². The predicted octanol–water partition coefficient (Wildman–Crippen LogP) is 3.02. The summed E-state index contributed by atoms with van der Waals surface area (Å²) in [4.78, 5) is 7.76. The summed E-state index contributed by atoms with van der Waals surface area (Å²) >= 11 is 0. The van der Waals surface area contributed by atoms with Crippen molar-refractivity contribution in [2.24, 2.45) is 0 Å². The fourth-order valence-electron chi connectivity index (χ4n) is 2.20. The number of pyridine rings is 2. The van der Waals surface area contributed by atoms with Crippen LogP contribution in [0.3, 0.4) is 0 Å². The van der Waals surface area contributed by atoms with Crippen LogP contribution in [0.25, 0.3) is 21.7 Å². The van der Waals surface area contributed by atoms with Gasteiger partial charge in [-0.2, -0.15) is 21.6 Å². The van der Waals surface area contributed by atoms with E-state index in [1.54, 1.807) is 18.2 Å². The largest absolute Gasteiger partial charge is 0.534 e. The Hall–Kier alpha value is -2.62. The number of ether oxygens (including phenoxy) is 1. The second-order valence-corrected chi connectivity index (χ2v) is 6.20. The summed E-state index contributed by atoms with van der Waals surface area (Å²) in [6, 6.07) is 8.04. The second kappa shape index (κ2) is 5.48. The van der Waals surface area contributed by atoms with Crippen molar-refractivity contribution in [3.63, 3.8) is 0 Å². The van der Waals surface area contributed by atoms with Crippen LogP contribution in [0.4, 0.5) is 13.2 Å². The molecule has 0 N–H and O–H groups in total. The third kappa shape index (κ3) is 2.58. The Kier molecular flexibility index (Phi) is 3.71. The van der Waals surface area contributed by atoms with Gasteiger partial charge in [0.2, 0.25) is 11.8 Å². The minimum Gasteiger partial charge on any atom is -0.480 e. The summed E-state index contributed by atoms with van der Waals surface area (Å²) in [6.45, 7) is 0. The van der Waals surface area contributed by atoms with Crippen LogP contribution in [0.5, 0.6) is 11.8 Å². The zero-order chi connectivity index (χ0) is 17.5. The maximum absolute atomic E-state index is 12.6. The Balaban J connectivity index is 2.37. The Morgan fingerprint density at radius 1 is 1.04 bits per heavy atom. The number of para-hydroxylation sites is 1. The van der Waals surface area contributed by atoms with Crippen LogP contribution in [0.2, 0.25) is 0 Å². The first-order valence-electron chi connectivity index (χ1n) is 6.47. The molecule has 0 aliphatic heterocycles. The molecular formula is C14H9F3N2O4S. The third-order valence-electron chi connectivity index (χ3n) is 3.21. The molecule has 0 aliphatic rings. The van der Waals surface area contributed by atoms with Crippen molar-refractivity contribution in [3.8, 4) is 11.8 Å². The van der Waals surface area contributed by atoms with Gasteiger partial charge >= 0.3 is 15.6 Å². The summed E-state index contributed by atoms with van der Waals surface area (Å²) in [5.41, 5.74) is -5.31. The van der Waals surface area contributed by atoms with Crippen molar-refractivity contribution < 1.29 is 30.5 Å². The molecule has 24 heavy (non-hydrogen) atoms. The van der Waals surface area contributed by atoms with E-state index in [9.17, 15) is 21.6 Å². The highest BCUT2D eigenvalue weighted by atomic mass is 32.2. The van der Waals surface area contributed by atoms with Gasteiger partial charge in [0.05, 0.1) is 12.6 Å². The van der Waals surface area contributed by atoms with E-state index < -0.39 is 21.5 Å². The first kappa shape index (κ1) is 16.2. The van der Waals surface area contributed by atoms with Gasteiger partial charge in [-0.25, -0.2) is 9.97 Å². The van der Waals surface area contributed by atoms with Crippen LogP contribution in [-0.2, 0) is 10.1 Å². The normalized spacial score (nSPS) is 12.5. The van der Waals surface area contributed by atoms with Gasteiger partial charge in [-0.1, -0.05) is 18.2 Å². The number of rotatable bonds is 3. The molecule has 2 aromatic heterocycles. The van der Waals surface area contributed by atoms with Gasteiger partial charge in [-0.3, -0.25) is 0 Å². The Morgan fingerprint density at radius 2 is 1.75 bits per heavy atom. The highest BCUT2D eigenvalue weighted by Crippen LogP contribution is 2.37. The first-order valence-corrected chi connectivity index (χ1v) is 7.87. The molecule has 0 fully saturated rings. The lowest BCUT2D eigenvalue weighted by Gasteiger charge is -2.13. The molecule has 126 valence electrons. The molecule has 0 atom stereocenters. The van der Waals surface area contributed by atoms with E-state index in [4.69, 9.17) is 4.74 Å². The number of benzene rings is 1. The number of fused-ring (bicyclic) bond motifs is 3. The van der Waals surface area contributed by atoms with Crippen molar-refractivity contribution in [1.29, 1.82) is 0 Å². The minimum absolute atomic E-state index is 0.0634. The number of halogens is 3. The van der Waals surface area contributed by atoms with E-state index >= 15 is 0 Å². The van der Waals surface area contributed by atoms with Gasteiger partial charge in [0.1, 0.15) is 5.39 Å². The molecular weight excluding hydrogens is 349 g/mol. The lowest BCUT2D eigenvalue weighted by molar-refractivity contribution is -0.0500. The van der Waals surface area contributed by atoms with Gasteiger partial charge in [0, 0.05) is 17.0 Å². The molecule has 2 heterocycles. The lowest BCUT2D eigenvalue weighted by atomic mass is 10.1. The lowest BCUT2D eigenvalue weighted by Crippen LogP contribution is -2.28. The molecule has 0 aliphatic carbocycles. The third-order valence-corrected chi connectivity index (χ3v) is 4.16. The molecule has 0 saturated carbocycles. The van der Waals surface area contributed by atoms with Gasteiger partial charge in [-0.15, -0.1) is 0 Å². The van der Waals surface area contributed by atoms with E-state index in [1.165, 1.54) is 25.4 Å². The molecule has 1 aromatic carbocycles. The van der Waals surface area contributed by atoms with Crippen LogP contribution in [0.15, 0.2) is 36.5 Å². The first-order chi connectivity index (χ1) is 11.2. The summed E-state index contributed by atoms with van der Waals surface area (Å²) < 4.78 is 69.8.